The third-order valence-corrected chi connectivity index (χ3v) is 8.13. The van der Waals surface area contributed by atoms with Crippen LogP contribution in [0.2, 0.25) is 0 Å². The minimum absolute atomic E-state index is 0.0230. The van der Waals surface area contributed by atoms with Gasteiger partial charge in [0.1, 0.15) is 36.5 Å². The number of aromatic nitrogens is 4. The number of primary amides is 1. The number of aliphatic hydroxyl groups excluding tert-OH is 2. The van der Waals surface area contributed by atoms with Crippen LogP contribution in [0.3, 0.4) is 0 Å². The molecule has 23 heteroatoms. The molecule has 0 aromatic carbocycles. The number of nitrogens with zero attached hydrogens (tertiary/aromatic N) is 4. The van der Waals surface area contributed by atoms with Gasteiger partial charge in [-0.3, -0.25) is 13.9 Å². The van der Waals surface area contributed by atoms with Crippen molar-refractivity contribution in [1.29, 1.82) is 0 Å². The normalized spacial score (nSPS) is 29.1. The molecule has 190 valence electrons. The molecule has 20 nitrogen and oxygen atoms in total. The quantitative estimate of drug-likeness (QED) is 0.144. The maximum Gasteiger partial charge on any atom is 0.490 e. The van der Waals surface area contributed by atoms with E-state index in [0.29, 0.717) is 0 Å². The van der Waals surface area contributed by atoms with Crippen molar-refractivity contribution in [1.82, 2.24) is 19.5 Å². The van der Waals surface area contributed by atoms with Gasteiger partial charge in [0.05, 0.1) is 6.61 Å². The maximum absolute atomic E-state index is 12.3. The van der Waals surface area contributed by atoms with Crippen LogP contribution in [0.25, 0.3) is 11.2 Å². The highest BCUT2D eigenvalue weighted by atomic mass is 31.3. The van der Waals surface area contributed by atoms with E-state index in [2.05, 4.69) is 28.1 Å². The fourth-order valence-electron chi connectivity index (χ4n) is 3.03. The van der Waals surface area contributed by atoms with Gasteiger partial charge in [-0.05, 0) is 0 Å². The van der Waals surface area contributed by atoms with E-state index in [0.717, 1.165) is 17.2 Å². The third kappa shape index (κ3) is 5.19. The number of carbonyl (C=O) groups excluding carboxylic acids is 1. The first-order valence-corrected chi connectivity index (χ1v) is 13.1. The number of ether oxygens (including phenoxy) is 1. The Balaban J connectivity index is 1.85. The Bertz CT molecular complexity index is 1250. The summed E-state index contributed by atoms with van der Waals surface area (Å²) in [4.78, 5) is 59.6. The van der Waals surface area contributed by atoms with Crippen molar-refractivity contribution in [2.45, 2.75) is 24.0 Å². The van der Waals surface area contributed by atoms with Crippen molar-refractivity contribution >= 4 is 46.4 Å². The minimum Gasteiger partial charge on any atom is -0.387 e. The average Bonchev–Trinajstić information content (AvgIpc) is 3.19. The molecular formula is C11H17N6O14P3. The van der Waals surface area contributed by atoms with Crippen LogP contribution in [0.15, 0.2) is 12.7 Å². The van der Waals surface area contributed by atoms with Crippen molar-refractivity contribution < 1.29 is 66.2 Å². The van der Waals surface area contributed by atoms with Crippen LogP contribution < -0.4 is 11.5 Å². The predicted molar refractivity (Wildman–Crippen MR) is 104 cm³/mol. The second kappa shape index (κ2) is 8.96. The van der Waals surface area contributed by atoms with Crippen LogP contribution in [-0.4, -0.2) is 80.1 Å². The van der Waals surface area contributed by atoms with Crippen molar-refractivity contribution in [3.63, 3.8) is 0 Å². The molecule has 1 aliphatic heterocycles. The number of nitrogen functional groups attached to an aromatic ring is 1. The van der Waals surface area contributed by atoms with E-state index in [4.69, 9.17) is 30.9 Å². The Kier molecular flexibility index (Phi) is 7.04. The van der Waals surface area contributed by atoms with Crippen molar-refractivity contribution in [2.24, 2.45) is 5.73 Å². The van der Waals surface area contributed by atoms with Gasteiger partial charge in [-0.2, -0.15) is 8.62 Å². The Morgan fingerprint density at radius 3 is 2.35 bits per heavy atom. The zero-order valence-electron chi connectivity index (χ0n) is 16.3. The van der Waals surface area contributed by atoms with E-state index in [1.165, 1.54) is 0 Å². The van der Waals surface area contributed by atoms with Crippen LogP contribution in [-0.2, 0) is 42.1 Å². The molecule has 0 spiro atoms. The van der Waals surface area contributed by atoms with Gasteiger partial charge in [0.2, 0.25) is 0 Å². The molecule has 2 aromatic rings. The maximum atomic E-state index is 12.3. The smallest absolute Gasteiger partial charge is 0.387 e. The number of aliphatic hydroxyl groups is 2. The molecule has 1 amide bonds. The number of hydrogen-bond donors (Lipinski definition) is 8. The first-order valence-electron chi connectivity index (χ1n) is 8.55. The van der Waals surface area contributed by atoms with Gasteiger partial charge in [0, 0.05) is 0 Å². The Labute approximate surface area is 187 Å². The third-order valence-electron chi connectivity index (χ3n) is 4.33. The van der Waals surface area contributed by atoms with Crippen LogP contribution in [0, 0.1) is 0 Å². The predicted octanol–water partition coefficient (Wildman–Crippen LogP) is -2.99. The van der Waals surface area contributed by atoms with Gasteiger partial charge in [-0.1, -0.05) is 0 Å². The number of phosphoric acid groups is 3. The Morgan fingerprint density at radius 2 is 1.76 bits per heavy atom. The number of rotatable bonds is 9. The number of amides is 1. The van der Waals surface area contributed by atoms with Gasteiger partial charge in [-0.25, -0.2) is 28.6 Å². The van der Waals surface area contributed by atoms with Crippen molar-refractivity contribution in [2.75, 3.05) is 12.3 Å². The van der Waals surface area contributed by atoms with E-state index in [-0.39, 0.29) is 17.0 Å². The molecule has 2 unspecified atom stereocenters. The molecule has 0 radical (unpaired) electrons. The van der Waals surface area contributed by atoms with Crippen molar-refractivity contribution in [3.05, 3.63) is 12.7 Å². The zero-order valence-corrected chi connectivity index (χ0v) is 19.0. The summed E-state index contributed by atoms with van der Waals surface area (Å²) in [5, 5.41) is 20.9. The van der Waals surface area contributed by atoms with Crippen LogP contribution in [0.5, 0.6) is 0 Å². The lowest BCUT2D eigenvalue weighted by Gasteiger charge is -2.30. The molecule has 34 heavy (non-hydrogen) atoms. The summed E-state index contributed by atoms with van der Waals surface area (Å²) in [7, 11) is -17.0. The molecular weight excluding hydrogens is 533 g/mol. The topological polar surface area (TPSA) is 322 Å². The molecule has 6 atom stereocenters. The summed E-state index contributed by atoms with van der Waals surface area (Å²) in [6, 6.07) is 0. The largest absolute Gasteiger partial charge is 0.490 e. The van der Waals surface area contributed by atoms with Gasteiger partial charge < -0.3 is 46.0 Å². The lowest BCUT2D eigenvalue weighted by Crippen LogP contribution is -2.54. The molecule has 3 rings (SSSR count). The van der Waals surface area contributed by atoms with E-state index in [9.17, 15) is 33.6 Å². The number of fused-ring (bicyclic) bond motifs is 1. The number of anilines is 1. The Hall–Kier alpha value is -1.89. The molecule has 0 aliphatic carbocycles. The Morgan fingerprint density at radius 1 is 1.12 bits per heavy atom. The number of imidazole rings is 1. The lowest BCUT2D eigenvalue weighted by molar-refractivity contribution is -0.172. The van der Waals surface area contributed by atoms with E-state index < -0.39 is 60.0 Å². The van der Waals surface area contributed by atoms with E-state index >= 15 is 0 Å². The molecule has 0 saturated carbocycles. The second-order valence-corrected chi connectivity index (χ2v) is 11.0. The lowest BCUT2D eigenvalue weighted by atomic mass is 10.0. The summed E-state index contributed by atoms with van der Waals surface area (Å²) < 4.78 is 51.7. The summed E-state index contributed by atoms with van der Waals surface area (Å²) in [5.74, 6) is -1.48. The molecule has 2 aromatic heterocycles. The highest BCUT2D eigenvalue weighted by molar-refractivity contribution is 7.66. The monoisotopic (exact) mass is 550 g/mol. The number of phosphoric ester groups is 1. The van der Waals surface area contributed by atoms with E-state index in [1.807, 2.05) is 0 Å². The summed E-state index contributed by atoms with van der Waals surface area (Å²) >= 11 is 0. The molecule has 1 saturated heterocycles. The number of carbonyl (C=O) groups is 1. The minimum atomic E-state index is -5.80. The summed E-state index contributed by atoms with van der Waals surface area (Å²) in [6.45, 7) is -1.18. The number of hydrogen-bond acceptors (Lipinski definition) is 14. The second-order valence-electron chi connectivity index (χ2n) is 6.58. The fourth-order valence-corrected chi connectivity index (χ4v) is 6.06. The number of nitrogens with two attached hydrogens (primary N) is 2. The highest BCUT2D eigenvalue weighted by Gasteiger charge is 2.61. The first kappa shape index (κ1) is 26.7. The van der Waals surface area contributed by atoms with Crippen LogP contribution in [0.1, 0.15) is 0 Å². The van der Waals surface area contributed by atoms with Gasteiger partial charge >= 0.3 is 23.5 Å². The summed E-state index contributed by atoms with van der Waals surface area (Å²) in [5.41, 5.74) is 8.32. The molecule has 0 bridgehead atoms. The first-order chi connectivity index (χ1) is 15.5. The van der Waals surface area contributed by atoms with Gasteiger partial charge in [0.25, 0.3) is 11.6 Å². The van der Waals surface area contributed by atoms with Gasteiger partial charge in [0.15, 0.2) is 11.5 Å². The molecule has 10 N–H and O–H groups in total. The molecule has 3 heterocycles. The molecule has 1 aliphatic rings. The van der Waals surface area contributed by atoms with Crippen LogP contribution in [0.4, 0.5) is 5.82 Å². The van der Waals surface area contributed by atoms with Crippen LogP contribution >= 0.6 is 23.5 Å². The standard InChI is InChI=1S/C11H17N6O14P3/c12-8-5-9(15-2-14-8)17(3-16-5)11(10(13)20)7(19)6(18)4(29-11)1-28-33(24,25)31-34(26,27)30-32(21,22)23/h2-4,6-7,18-19H,1H2,(H2,13,20)(H,24,25)(H,26,27)(H2,12,14,15)(H2,21,22,23)/t4-,6-,7-,11+/m1/s1. The summed E-state index contributed by atoms with van der Waals surface area (Å²) in [6.07, 6.45) is -4.01. The average molecular weight is 550 g/mol. The SMILES string of the molecule is NC(=O)[C@@]1(n2cnc3c(N)ncnc32)O[C@H](COP(=O)(O)OP(=O)(O)OP(=O)(O)O)[C@@H](O)[C@H]1O. The molecule has 1 fully saturated rings. The van der Waals surface area contributed by atoms with E-state index in [1.54, 1.807) is 0 Å². The van der Waals surface area contributed by atoms with Gasteiger partial charge in [-0.15, -0.1) is 0 Å². The van der Waals surface area contributed by atoms with Crippen molar-refractivity contribution in [3.8, 4) is 0 Å². The highest BCUT2D eigenvalue weighted by Crippen LogP contribution is 2.66. The fraction of sp³-hybridized carbons (Fsp3) is 0.455. The zero-order chi connectivity index (χ0) is 25.7.